The predicted molar refractivity (Wildman–Crippen MR) is 126 cm³/mol. The fourth-order valence-corrected chi connectivity index (χ4v) is 4.18. The summed E-state index contributed by atoms with van der Waals surface area (Å²) in [6, 6.07) is 18.4. The van der Waals surface area contributed by atoms with E-state index in [2.05, 4.69) is 41.4 Å². The van der Waals surface area contributed by atoms with Crippen LogP contribution in [-0.4, -0.2) is 33.0 Å². The molecule has 2 aromatic carbocycles. The zero-order chi connectivity index (χ0) is 23.5. The van der Waals surface area contributed by atoms with Gasteiger partial charge in [0.05, 0.1) is 11.3 Å². The molecule has 0 unspecified atom stereocenters. The van der Waals surface area contributed by atoms with Gasteiger partial charge >= 0.3 is 5.97 Å². The lowest BCUT2D eigenvalue weighted by Gasteiger charge is -2.10. The van der Waals surface area contributed by atoms with E-state index in [1.165, 1.54) is 0 Å². The highest BCUT2D eigenvalue weighted by molar-refractivity contribution is 6.03. The summed E-state index contributed by atoms with van der Waals surface area (Å²) in [5, 5.41) is 9.05. The Labute approximate surface area is 191 Å². The lowest BCUT2D eigenvalue weighted by atomic mass is 9.99. The Morgan fingerprint density at radius 2 is 1.73 bits per heavy atom. The van der Waals surface area contributed by atoms with Gasteiger partial charge < -0.3 is 20.0 Å². The first-order valence-corrected chi connectivity index (χ1v) is 10.7. The number of nitrogens with zero attached hydrogens (tertiary/aromatic N) is 2. The van der Waals surface area contributed by atoms with Crippen LogP contribution in [0.2, 0.25) is 0 Å². The molecule has 33 heavy (non-hydrogen) atoms. The lowest BCUT2D eigenvalue weighted by molar-refractivity contribution is -0.139. The van der Waals surface area contributed by atoms with Crippen LogP contribution in [0.15, 0.2) is 60.8 Å². The van der Waals surface area contributed by atoms with Gasteiger partial charge in [-0.3, -0.25) is 4.79 Å². The average molecular weight is 444 g/mol. The number of aryl methyl sites for hydroxylation is 1. The van der Waals surface area contributed by atoms with Crippen LogP contribution in [0, 0.1) is 6.92 Å². The molecule has 0 atom stereocenters. The van der Waals surface area contributed by atoms with Crippen LogP contribution in [0.25, 0.3) is 16.6 Å². The number of fused-ring (bicyclic) bond motifs is 1. The van der Waals surface area contributed by atoms with Crippen molar-refractivity contribution in [2.75, 3.05) is 6.61 Å². The molecule has 0 saturated heterocycles. The number of hydrogen-bond donors (Lipinski definition) is 2. The summed E-state index contributed by atoms with van der Waals surface area (Å²) in [5.74, 6) is -1.63. The molecule has 7 nitrogen and oxygen atoms in total. The Morgan fingerprint density at radius 1 is 1.06 bits per heavy atom. The number of benzene rings is 2. The van der Waals surface area contributed by atoms with E-state index in [0.29, 0.717) is 29.6 Å². The lowest BCUT2D eigenvalue weighted by Crippen LogP contribution is -2.15. The highest BCUT2D eigenvalue weighted by Gasteiger charge is 2.25. The van der Waals surface area contributed by atoms with E-state index in [0.717, 1.165) is 27.9 Å². The molecule has 4 aromatic rings. The number of hydrogen-bond acceptors (Lipinski definition) is 4. The third kappa shape index (κ3) is 4.43. The second-order valence-corrected chi connectivity index (χ2v) is 7.85. The Hall–Kier alpha value is -4.13. The summed E-state index contributed by atoms with van der Waals surface area (Å²) < 4.78 is 7.31. The minimum absolute atomic E-state index is 0.0894. The Kier molecular flexibility index (Phi) is 6.13. The van der Waals surface area contributed by atoms with Crippen molar-refractivity contribution in [3.05, 3.63) is 88.9 Å². The standard InChI is InChI=1S/C26H25N3O4/c1-3-20-21(13-17-9-11-19(12-10-17)18-7-5-4-6-8-18)29-14-16(2)28-26(33-15-22(30)31)24(29)23(20)25(27)32/h4-12,14H,3,13,15H2,1-2H3,(H2,27,32)(H,30,31). The highest BCUT2D eigenvalue weighted by Crippen LogP contribution is 2.32. The molecule has 2 heterocycles. The molecule has 168 valence electrons. The van der Waals surface area contributed by atoms with Crippen molar-refractivity contribution in [1.29, 1.82) is 0 Å². The molecule has 0 fully saturated rings. The SMILES string of the molecule is CCc1c(C(N)=O)c2c(OCC(=O)O)nc(C)cn2c1Cc1ccc(-c2ccccc2)cc1. The number of carboxylic acids is 1. The van der Waals surface area contributed by atoms with Gasteiger partial charge in [-0.2, -0.15) is 0 Å². The van der Waals surface area contributed by atoms with Crippen molar-refractivity contribution < 1.29 is 19.4 Å². The molecule has 0 saturated carbocycles. The predicted octanol–water partition coefficient (Wildman–Crippen LogP) is 4.03. The normalized spacial score (nSPS) is 11.0. The number of ether oxygens (including phenoxy) is 1. The van der Waals surface area contributed by atoms with Gasteiger partial charge in [-0.15, -0.1) is 0 Å². The van der Waals surface area contributed by atoms with Crippen LogP contribution in [0.1, 0.15) is 39.8 Å². The van der Waals surface area contributed by atoms with Crippen molar-refractivity contribution in [3.8, 4) is 17.0 Å². The van der Waals surface area contributed by atoms with Gasteiger partial charge in [-0.25, -0.2) is 9.78 Å². The van der Waals surface area contributed by atoms with Gasteiger partial charge in [0.1, 0.15) is 5.52 Å². The van der Waals surface area contributed by atoms with Gasteiger partial charge in [0.2, 0.25) is 5.88 Å². The third-order valence-electron chi connectivity index (χ3n) is 5.58. The second-order valence-electron chi connectivity index (χ2n) is 7.85. The van der Waals surface area contributed by atoms with Gasteiger partial charge in [-0.05, 0) is 35.6 Å². The molecule has 7 heteroatoms. The second kappa shape index (κ2) is 9.16. The maximum atomic E-state index is 12.4. The summed E-state index contributed by atoms with van der Waals surface area (Å²) >= 11 is 0. The Morgan fingerprint density at radius 3 is 2.33 bits per heavy atom. The first kappa shape index (κ1) is 22.1. The number of aromatic nitrogens is 2. The van der Waals surface area contributed by atoms with Crippen molar-refractivity contribution in [2.45, 2.75) is 26.7 Å². The first-order valence-electron chi connectivity index (χ1n) is 10.7. The largest absolute Gasteiger partial charge is 0.479 e. The van der Waals surface area contributed by atoms with Crippen molar-refractivity contribution in [3.63, 3.8) is 0 Å². The fourth-order valence-electron chi connectivity index (χ4n) is 4.18. The zero-order valence-electron chi connectivity index (χ0n) is 18.5. The Bertz CT molecular complexity index is 1330. The molecule has 0 spiro atoms. The summed E-state index contributed by atoms with van der Waals surface area (Å²) in [6.45, 7) is 3.19. The van der Waals surface area contributed by atoms with E-state index >= 15 is 0 Å². The van der Waals surface area contributed by atoms with E-state index < -0.39 is 18.5 Å². The average Bonchev–Trinajstić information content (AvgIpc) is 3.12. The van der Waals surface area contributed by atoms with Gasteiger partial charge in [0.15, 0.2) is 6.61 Å². The van der Waals surface area contributed by atoms with E-state index in [1.54, 1.807) is 6.92 Å². The number of carbonyl (C=O) groups is 2. The maximum absolute atomic E-state index is 12.4. The number of carbonyl (C=O) groups excluding carboxylic acids is 1. The summed E-state index contributed by atoms with van der Waals surface area (Å²) in [4.78, 5) is 27.9. The number of rotatable bonds is 8. The molecule has 0 aliphatic carbocycles. The molecule has 3 N–H and O–H groups in total. The number of amides is 1. The van der Waals surface area contributed by atoms with Crippen molar-refractivity contribution in [2.24, 2.45) is 5.73 Å². The summed E-state index contributed by atoms with van der Waals surface area (Å²) in [5.41, 5.74) is 12.2. The van der Waals surface area contributed by atoms with E-state index in [1.807, 2.05) is 35.7 Å². The van der Waals surface area contributed by atoms with Crippen LogP contribution in [0.5, 0.6) is 5.88 Å². The van der Waals surface area contributed by atoms with Gasteiger partial charge in [-0.1, -0.05) is 61.5 Å². The van der Waals surface area contributed by atoms with Crippen LogP contribution < -0.4 is 10.5 Å². The van der Waals surface area contributed by atoms with Crippen molar-refractivity contribution in [1.82, 2.24) is 9.38 Å². The molecule has 0 aliphatic rings. The van der Waals surface area contributed by atoms with Crippen LogP contribution in [-0.2, 0) is 17.6 Å². The Balaban J connectivity index is 1.81. The fraction of sp³-hybridized carbons (Fsp3) is 0.192. The molecule has 1 amide bonds. The quantitative estimate of drug-likeness (QED) is 0.428. The number of nitrogens with two attached hydrogens (primary N) is 1. The monoisotopic (exact) mass is 443 g/mol. The summed E-state index contributed by atoms with van der Waals surface area (Å²) in [7, 11) is 0. The van der Waals surface area contributed by atoms with E-state index in [4.69, 9.17) is 15.6 Å². The van der Waals surface area contributed by atoms with Crippen molar-refractivity contribution >= 4 is 17.4 Å². The number of carboxylic acid groups (broad SMARTS) is 1. The minimum Gasteiger partial charge on any atom is -0.479 e. The molecular formula is C26H25N3O4. The molecule has 0 radical (unpaired) electrons. The molecule has 0 aliphatic heterocycles. The minimum atomic E-state index is -1.13. The summed E-state index contributed by atoms with van der Waals surface area (Å²) in [6.07, 6.45) is 2.96. The molecule has 0 bridgehead atoms. The van der Waals surface area contributed by atoms with E-state index in [9.17, 15) is 9.59 Å². The van der Waals surface area contributed by atoms with Gasteiger partial charge in [0, 0.05) is 18.3 Å². The topological polar surface area (TPSA) is 107 Å². The van der Waals surface area contributed by atoms with Crippen LogP contribution in [0.4, 0.5) is 0 Å². The molecule has 2 aromatic heterocycles. The highest BCUT2D eigenvalue weighted by atomic mass is 16.5. The number of aliphatic carboxylic acids is 1. The molecule has 4 rings (SSSR count). The third-order valence-corrected chi connectivity index (χ3v) is 5.58. The van der Waals surface area contributed by atoms with E-state index in [-0.39, 0.29) is 5.88 Å². The van der Waals surface area contributed by atoms with Gasteiger partial charge in [0.25, 0.3) is 5.91 Å². The maximum Gasteiger partial charge on any atom is 0.341 e. The van der Waals surface area contributed by atoms with Crippen LogP contribution >= 0.6 is 0 Å². The number of primary amides is 1. The zero-order valence-corrected chi connectivity index (χ0v) is 18.5. The molecular weight excluding hydrogens is 418 g/mol. The smallest absolute Gasteiger partial charge is 0.341 e. The van der Waals surface area contributed by atoms with Crippen LogP contribution in [0.3, 0.4) is 0 Å². The first-order chi connectivity index (χ1) is 15.9.